The summed E-state index contributed by atoms with van der Waals surface area (Å²) in [5, 5.41) is 6.18. The average Bonchev–Trinajstić information content (AvgIpc) is 2.66. The van der Waals surface area contributed by atoms with Crippen molar-refractivity contribution in [3.63, 3.8) is 0 Å². The number of hydrogen-bond donors (Lipinski definition) is 2. The Bertz CT molecular complexity index is 844. The van der Waals surface area contributed by atoms with Crippen LogP contribution in [0, 0.1) is 6.92 Å². The second kappa shape index (κ2) is 8.21. The van der Waals surface area contributed by atoms with Gasteiger partial charge in [-0.1, -0.05) is 35.9 Å². The third-order valence-corrected chi connectivity index (χ3v) is 3.92. The van der Waals surface area contributed by atoms with Crippen LogP contribution in [0.25, 0.3) is 0 Å². The summed E-state index contributed by atoms with van der Waals surface area (Å²) in [6.45, 7) is 3.75. The van der Waals surface area contributed by atoms with E-state index in [2.05, 4.69) is 10.6 Å². The van der Waals surface area contributed by atoms with Gasteiger partial charge in [-0.3, -0.25) is 4.79 Å². The molecule has 2 N–H and O–H groups in total. The van der Waals surface area contributed by atoms with Gasteiger partial charge in [0.1, 0.15) is 5.75 Å². The summed E-state index contributed by atoms with van der Waals surface area (Å²) in [5.74, 6) is 0.495. The quantitative estimate of drug-likeness (QED) is 0.649. The summed E-state index contributed by atoms with van der Waals surface area (Å²) in [6, 6.07) is 25.1. The van der Waals surface area contributed by atoms with Gasteiger partial charge in [0.05, 0.1) is 0 Å². The van der Waals surface area contributed by atoms with Gasteiger partial charge in [-0.2, -0.15) is 0 Å². The highest BCUT2D eigenvalue weighted by Gasteiger charge is 2.14. The van der Waals surface area contributed by atoms with Crippen LogP contribution in [0.15, 0.2) is 78.9 Å². The van der Waals surface area contributed by atoms with Crippen LogP contribution in [-0.2, 0) is 4.79 Å². The monoisotopic (exact) mass is 346 g/mol. The Morgan fingerprint density at radius 3 is 2.04 bits per heavy atom. The normalized spacial score (nSPS) is 11.5. The second-order valence-corrected chi connectivity index (χ2v) is 6.13. The van der Waals surface area contributed by atoms with Crippen molar-refractivity contribution >= 4 is 23.0 Å². The molecule has 3 aromatic carbocycles. The maximum atomic E-state index is 12.3. The Morgan fingerprint density at radius 2 is 1.38 bits per heavy atom. The van der Waals surface area contributed by atoms with Gasteiger partial charge >= 0.3 is 0 Å². The third kappa shape index (κ3) is 4.86. The van der Waals surface area contributed by atoms with E-state index in [0.717, 1.165) is 22.6 Å². The molecule has 1 atom stereocenters. The molecule has 3 aromatic rings. The molecule has 0 fully saturated rings. The lowest BCUT2D eigenvalue weighted by Crippen LogP contribution is -2.30. The smallest absolute Gasteiger partial charge is 0.265 e. The van der Waals surface area contributed by atoms with Crippen LogP contribution < -0.4 is 15.4 Å². The van der Waals surface area contributed by atoms with E-state index < -0.39 is 6.10 Å². The number of ether oxygens (including phenoxy) is 1. The molecule has 3 rings (SSSR count). The first-order chi connectivity index (χ1) is 12.6. The molecule has 0 aliphatic carbocycles. The van der Waals surface area contributed by atoms with Gasteiger partial charge in [0.2, 0.25) is 0 Å². The Balaban J connectivity index is 1.56. The van der Waals surface area contributed by atoms with Crippen LogP contribution in [0.2, 0.25) is 0 Å². The molecule has 1 amide bonds. The van der Waals surface area contributed by atoms with Crippen molar-refractivity contribution in [2.24, 2.45) is 0 Å². The first kappa shape index (κ1) is 17.5. The second-order valence-electron chi connectivity index (χ2n) is 6.13. The minimum Gasteiger partial charge on any atom is -0.481 e. The van der Waals surface area contributed by atoms with Crippen molar-refractivity contribution in [3.05, 3.63) is 84.4 Å². The Morgan fingerprint density at radius 1 is 0.808 bits per heavy atom. The molecule has 0 saturated heterocycles. The predicted molar refractivity (Wildman–Crippen MR) is 106 cm³/mol. The van der Waals surface area contributed by atoms with Gasteiger partial charge in [-0.05, 0) is 62.4 Å². The minimum atomic E-state index is -0.583. The summed E-state index contributed by atoms with van der Waals surface area (Å²) in [4.78, 5) is 12.3. The van der Waals surface area contributed by atoms with Crippen molar-refractivity contribution in [3.8, 4) is 5.75 Å². The maximum absolute atomic E-state index is 12.3. The molecule has 4 nitrogen and oxygen atoms in total. The Hall–Kier alpha value is -3.27. The fourth-order valence-electron chi connectivity index (χ4n) is 2.44. The van der Waals surface area contributed by atoms with E-state index in [1.807, 2.05) is 85.8 Å². The predicted octanol–water partition coefficient (Wildman–Crippen LogP) is 5.14. The lowest BCUT2D eigenvalue weighted by molar-refractivity contribution is -0.122. The number of rotatable bonds is 6. The summed E-state index contributed by atoms with van der Waals surface area (Å²) in [6.07, 6.45) is -0.583. The van der Waals surface area contributed by atoms with Crippen LogP contribution >= 0.6 is 0 Å². The SMILES string of the molecule is Cc1ccc(O[C@@H](C)C(=O)Nc2ccc(Nc3ccccc3)cc2)cc1. The van der Waals surface area contributed by atoms with Crippen molar-refractivity contribution in [2.75, 3.05) is 10.6 Å². The minimum absolute atomic E-state index is 0.186. The molecule has 0 bridgehead atoms. The molecule has 132 valence electrons. The number of nitrogens with one attached hydrogen (secondary N) is 2. The van der Waals surface area contributed by atoms with Crippen molar-refractivity contribution in [1.29, 1.82) is 0 Å². The van der Waals surface area contributed by atoms with Gasteiger partial charge < -0.3 is 15.4 Å². The highest BCUT2D eigenvalue weighted by atomic mass is 16.5. The molecule has 0 spiro atoms. The van der Waals surface area contributed by atoms with Gasteiger partial charge in [0.15, 0.2) is 6.10 Å². The highest BCUT2D eigenvalue weighted by Crippen LogP contribution is 2.19. The fraction of sp³-hybridized carbons (Fsp3) is 0.136. The van der Waals surface area contributed by atoms with Crippen LogP contribution in [0.4, 0.5) is 17.1 Å². The van der Waals surface area contributed by atoms with Gasteiger partial charge in [0, 0.05) is 17.1 Å². The van der Waals surface area contributed by atoms with Gasteiger partial charge in [0.25, 0.3) is 5.91 Å². The third-order valence-electron chi connectivity index (χ3n) is 3.92. The van der Waals surface area contributed by atoms with Crippen LogP contribution in [0.5, 0.6) is 5.75 Å². The zero-order valence-corrected chi connectivity index (χ0v) is 14.9. The molecule has 0 saturated carbocycles. The molecule has 26 heavy (non-hydrogen) atoms. The number of carbonyl (C=O) groups excluding carboxylic acids is 1. The largest absolute Gasteiger partial charge is 0.481 e. The molecule has 4 heteroatoms. The first-order valence-corrected chi connectivity index (χ1v) is 8.56. The summed E-state index contributed by atoms with van der Waals surface area (Å²) in [5.41, 5.74) is 3.86. The number of para-hydroxylation sites is 1. The van der Waals surface area contributed by atoms with E-state index >= 15 is 0 Å². The Kier molecular flexibility index (Phi) is 5.54. The van der Waals surface area contributed by atoms with Crippen molar-refractivity contribution < 1.29 is 9.53 Å². The molecule has 0 heterocycles. The van der Waals surface area contributed by atoms with E-state index in [0.29, 0.717) is 5.75 Å². The molecular weight excluding hydrogens is 324 g/mol. The fourth-order valence-corrected chi connectivity index (χ4v) is 2.44. The molecule has 0 radical (unpaired) electrons. The van der Waals surface area contributed by atoms with Crippen LogP contribution in [0.1, 0.15) is 12.5 Å². The zero-order chi connectivity index (χ0) is 18.4. The van der Waals surface area contributed by atoms with Crippen molar-refractivity contribution in [2.45, 2.75) is 20.0 Å². The number of hydrogen-bond acceptors (Lipinski definition) is 3. The molecule has 0 aliphatic rings. The lowest BCUT2D eigenvalue weighted by Gasteiger charge is -2.15. The van der Waals surface area contributed by atoms with E-state index in [4.69, 9.17) is 4.74 Å². The van der Waals surface area contributed by atoms with Crippen molar-refractivity contribution in [1.82, 2.24) is 0 Å². The number of aryl methyl sites for hydroxylation is 1. The Labute approximate surface area is 153 Å². The summed E-state index contributed by atoms with van der Waals surface area (Å²) < 4.78 is 5.68. The molecule has 0 unspecified atom stereocenters. The number of amides is 1. The van der Waals surface area contributed by atoms with E-state index in [1.165, 1.54) is 0 Å². The zero-order valence-electron chi connectivity index (χ0n) is 14.9. The topological polar surface area (TPSA) is 50.4 Å². The number of anilines is 3. The highest BCUT2D eigenvalue weighted by molar-refractivity contribution is 5.94. The molecule has 0 aliphatic heterocycles. The van der Waals surface area contributed by atoms with Gasteiger partial charge in [-0.15, -0.1) is 0 Å². The molecule has 0 aromatic heterocycles. The maximum Gasteiger partial charge on any atom is 0.265 e. The number of carbonyl (C=O) groups is 1. The molecular formula is C22H22N2O2. The number of benzene rings is 3. The van der Waals surface area contributed by atoms with E-state index in [-0.39, 0.29) is 5.91 Å². The summed E-state index contributed by atoms with van der Waals surface area (Å²) in [7, 11) is 0. The first-order valence-electron chi connectivity index (χ1n) is 8.56. The summed E-state index contributed by atoms with van der Waals surface area (Å²) >= 11 is 0. The standard InChI is InChI=1S/C22H22N2O2/c1-16-8-14-21(15-9-16)26-17(2)22(25)24-20-12-10-19(11-13-20)23-18-6-4-3-5-7-18/h3-15,17,23H,1-2H3,(H,24,25)/t17-/m0/s1. The van der Waals surface area contributed by atoms with E-state index in [9.17, 15) is 4.79 Å². The van der Waals surface area contributed by atoms with Crippen LogP contribution in [-0.4, -0.2) is 12.0 Å². The van der Waals surface area contributed by atoms with Crippen LogP contribution in [0.3, 0.4) is 0 Å². The average molecular weight is 346 g/mol. The van der Waals surface area contributed by atoms with Gasteiger partial charge in [-0.25, -0.2) is 0 Å². The lowest BCUT2D eigenvalue weighted by atomic mass is 10.2. The van der Waals surface area contributed by atoms with E-state index in [1.54, 1.807) is 6.92 Å².